The van der Waals surface area contributed by atoms with Gasteiger partial charge in [0.25, 0.3) is 0 Å². The summed E-state index contributed by atoms with van der Waals surface area (Å²) in [5, 5.41) is 0. The van der Waals surface area contributed by atoms with Gasteiger partial charge < -0.3 is 0 Å². The van der Waals surface area contributed by atoms with E-state index < -0.39 is 0 Å². The van der Waals surface area contributed by atoms with Gasteiger partial charge in [0.15, 0.2) is 0 Å². The Morgan fingerprint density at radius 3 is 2.54 bits per heavy atom. The second kappa shape index (κ2) is 3.85. The fourth-order valence-corrected chi connectivity index (χ4v) is 2.50. The van der Waals surface area contributed by atoms with E-state index in [0.29, 0.717) is 5.92 Å². The fourth-order valence-electron chi connectivity index (χ4n) is 1.56. The average molecular weight is 355 g/mol. The maximum atomic E-state index is 5.45. The van der Waals surface area contributed by atoms with Crippen LogP contribution >= 0.6 is 0 Å². The molecule has 1 atom stereocenters. The predicted molar refractivity (Wildman–Crippen MR) is 49.5 cm³/mol. The monoisotopic (exact) mass is 355 g/mol. The Bertz CT molecular complexity index is 315. The van der Waals surface area contributed by atoms with Crippen molar-refractivity contribution >= 4 is 4.08 Å². The van der Waals surface area contributed by atoms with E-state index >= 15 is 0 Å². The molecule has 1 aromatic rings. The summed E-state index contributed by atoms with van der Waals surface area (Å²) < 4.78 is 6.60. The standard InChI is InChI=1S/C11H12O.Pt/c1-9-2-4-10(5-3-9)11-6-7-12-8-11;/h2-5,11H,6-7H2,1H3;. The zero-order valence-electron chi connectivity index (χ0n) is 7.53. The van der Waals surface area contributed by atoms with Crippen molar-refractivity contribution in [3.05, 3.63) is 35.4 Å². The minimum absolute atomic E-state index is 0.516. The van der Waals surface area contributed by atoms with Crippen LogP contribution < -0.4 is 0 Å². The summed E-state index contributed by atoms with van der Waals surface area (Å²) in [7, 11) is 0. The molecule has 1 fully saturated rings. The molecule has 0 spiro atoms. The van der Waals surface area contributed by atoms with Crippen molar-refractivity contribution in [2.45, 2.75) is 19.3 Å². The minimum atomic E-state index is 0.516. The molecule has 1 heterocycles. The number of hydrogen-bond donors (Lipinski definition) is 0. The van der Waals surface area contributed by atoms with Crippen LogP contribution in [0.2, 0.25) is 0 Å². The molecular formula is C11H12OPt. The van der Waals surface area contributed by atoms with Gasteiger partial charge in [-0.15, -0.1) is 0 Å². The molecule has 0 aromatic heterocycles. The Labute approximate surface area is 89.5 Å². The van der Waals surface area contributed by atoms with E-state index in [0.717, 1.165) is 17.1 Å². The molecule has 0 amide bonds. The molecule has 1 saturated heterocycles. The van der Waals surface area contributed by atoms with Gasteiger partial charge in [-0.1, -0.05) is 0 Å². The van der Waals surface area contributed by atoms with Gasteiger partial charge in [0.1, 0.15) is 0 Å². The van der Waals surface area contributed by atoms with Crippen LogP contribution in [-0.4, -0.2) is 10.7 Å². The number of hydrogen-bond acceptors (Lipinski definition) is 1. The molecule has 72 valence electrons. The molecule has 1 aliphatic heterocycles. The van der Waals surface area contributed by atoms with E-state index in [9.17, 15) is 0 Å². The molecular weight excluding hydrogens is 343 g/mol. The molecule has 1 aromatic carbocycles. The number of rotatable bonds is 1. The maximum absolute atomic E-state index is 5.45. The van der Waals surface area contributed by atoms with Crippen molar-refractivity contribution < 1.29 is 24.1 Å². The molecule has 2 heteroatoms. The average Bonchev–Trinajstić information content (AvgIpc) is 2.53. The first-order valence-corrected chi connectivity index (χ1v) is 5.59. The van der Waals surface area contributed by atoms with Crippen LogP contribution in [0.5, 0.6) is 0 Å². The van der Waals surface area contributed by atoms with Crippen LogP contribution in [0.1, 0.15) is 23.5 Å². The second-order valence-electron chi connectivity index (χ2n) is 3.37. The van der Waals surface area contributed by atoms with Crippen molar-refractivity contribution in [3.8, 4) is 0 Å². The zero-order chi connectivity index (χ0) is 9.26. The predicted octanol–water partition coefficient (Wildman–Crippen LogP) is 2.18. The van der Waals surface area contributed by atoms with Gasteiger partial charge in [-0.05, 0) is 0 Å². The van der Waals surface area contributed by atoms with E-state index in [-0.39, 0.29) is 0 Å². The van der Waals surface area contributed by atoms with Gasteiger partial charge in [-0.3, -0.25) is 0 Å². The third-order valence-electron chi connectivity index (χ3n) is 2.37. The Balaban J connectivity index is 2.25. The van der Waals surface area contributed by atoms with Crippen molar-refractivity contribution in [2.75, 3.05) is 6.61 Å². The Kier molecular flexibility index (Phi) is 2.76. The van der Waals surface area contributed by atoms with Crippen LogP contribution in [0.15, 0.2) is 24.3 Å². The quantitative estimate of drug-likeness (QED) is 0.750. The van der Waals surface area contributed by atoms with Crippen molar-refractivity contribution in [3.63, 3.8) is 0 Å². The summed E-state index contributed by atoms with van der Waals surface area (Å²) in [5.74, 6) is 0.516. The van der Waals surface area contributed by atoms with E-state index in [2.05, 4.69) is 50.5 Å². The van der Waals surface area contributed by atoms with Crippen LogP contribution in [0, 0.1) is 6.92 Å². The molecule has 1 aliphatic rings. The summed E-state index contributed by atoms with van der Waals surface area (Å²) >= 11 is 2.28. The van der Waals surface area contributed by atoms with E-state index in [1.165, 1.54) is 11.1 Å². The van der Waals surface area contributed by atoms with Gasteiger partial charge in [0.2, 0.25) is 0 Å². The van der Waals surface area contributed by atoms with E-state index in [1.807, 2.05) is 0 Å². The zero-order valence-corrected chi connectivity index (χ0v) is 9.80. The van der Waals surface area contributed by atoms with E-state index in [1.54, 1.807) is 0 Å². The number of ether oxygens (including phenoxy) is 1. The first-order chi connectivity index (χ1) is 6.27. The van der Waals surface area contributed by atoms with Crippen LogP contribution in [0.25, 0.3) is 0 Å². The summed E-state index contributed by atoms with van der Waals surface area (Å²) in [5.41, 5.74) is 2.70. The number of aryl methyl sites for hydroxylation is 1. The summed E-state index contributed by atoms with van der Waals surface area (Å²) in [6.45, 7) is 2.99. The fraction of sp³-hybridized carbons (Fsp3) is 0.364. The van der Waals surface area contributed by atoms with Crippen LogP contribution in [0.3, 0.4) is 0 Å². The van der Waals surface area contributed by atoms with E-state index in [4.69, 9.17) is 4.74 Å². The first kappa shape index (κ1) is 9.30. The molecule has 0 saturated carbocycles. The molecule has 13 heavy (non-hydrogen) atoms. The normalized spacial score (nSPS) is 22.4. The molecule has 1 unspecified atom stereocenters. The third kappa shape index (κ3) is 1.98. The van der Waals surface area contributed by atoms with Crippen LogP contribution in [-0.2, 0) is 24.1 Å². The van der Waals surface area contributed by atoms with Gasteiger partial charge in [-0.2, -0.15) is 0 Å². The molecule has 0 N–H and O–H groups in total. The SMILES string of the molecule is Cc1ccc(C2CCO[C]2=[Pt])cc1. The van der Waals surface area contributed by atoms with Gasteiger partial charge in [0, 0.05) is 0 Å². The van der Waals surface area contributed by atoms with Gasteiger partial charge in [0.05, 0.1) is 0 Å². The topological polar surface area (TPSA) is 9.23 Å². The summed E-state index contributed by atoms with van der Waals surface area (Å²) in [6, 6.07) is 8.73. The van der Waals surface area contributed by atoms with Crippen molar-refractivity contribution in [1.29, 1.82) is 0 Å². The summed E-state index contributed by atoms with van der Waals surface area (Å²) in [4.78, 5) is 0. The molecule has 2 rings (SSSR count). The number of benzene rings is 1. The second-order valence-corrected chi connectivity index (χ2v) is 4.49. The Hall–Kier alpha value is -0.262. The third-order valence-corrected chi connectivity index (χ3v) is 3.49. The first-order valence-electron chi connectivity index (χ1n) is 4.46. The van der Waals surface area contributed by atoms with Crippen LogP contribution in [0.4, 0.5) is 0 Å². The van der Waals surface area contributed by atoms with Crippen molar-refractivity contribution in [1.82, 2.24) is 0 Å². The van der Waals surface area contributed by atoms with Crippen molar-refractivity contribution in [2.24, 2.45) is 0 Å². The molecule has 0 radical (unpaired) electrons. The Morgan fingerprint density at radius 2 is 2.00 bits per heavy atom. The molecule has 1 nitrogen and oxygen atoms in total. The van der Waals surface area contributed by atoms with Gasteiger partial charge in [-0.25, -0.2) is 0 Å². The van der Waals surface area contributed by atoms with Gasteiger partial charge >= 0.3 is 89.4 Å². The molecule has 0 aliphatic carbocycles. The molecule has 0 bridgehead atoms. The Morgan fingerprint density at radius 1 is 1.31 bits per heavy atom. The summed E-state index contributed by atoms with van der Waals surface area (Å²) in [6.07, 6.45) is 1.13.